The van der Waals surface area contributed by atoms with Crippen molar-refractivity contribution in [3.8, 4) is 0 Å². The van der Waals surface area contributed by atoms with Gasteiger partial charge < -0.3 is 10.4 Å². The van der Waals surface area contributed by atoms with Crippen LogP contribution in [0.25, 0.3) is 0 Å². The maximum absolute atomic E-state index is 9.09. The molecule has 0 aliphatic heterocycles. The van der Waals surface area contributed by atoms with Gasteiger partial charge >= 0.3 is 0 Å². The fraction of sp³-hybridized carbons (Fsp3) is 0.571. The number of rotatable bonds is 6. The molecular formula is C14H21NO. The van der Waals surface area contributed by atoms with Crippen LogP contribution in [0, 0.1) is 5.92 Å². The van der Waals surface area contributed by atoms with Crippen molar-refractivity contribution >= 4 is 0 Å². The van der Waals surface area contributed by atoms with Crippen LogP contribution in [0.2, 0.25) is 0 Å². The SMILES string of the molecule is OCCC(NCC1CCC1)c1ccccc1. The monoisotopic (exact) mass is 219 g/mol. The third-order valence-electron chi connectivity index (χ3n) is 3.50. The minimum absolute atomic E-state index is 0.247. The van der Waals surface area contributed by atoms with Crippen molar-refractivity contribution in [1.29, 1.82) is 0 Å². The number of aliphatic hydroxyl groups is 1. The molecule has 1 aliphatic carbocycles. The third-order valence-corrected chi connectivity index (χ3v) is 3.50. The largest absolute Gasteiger partial charge is 0.396 e. The zero-order chi connectivity index (χ0) is 11.2. The summed E-state index contributed by atoms with van der Waals surface area (Å²) in [5, 5.41) is 12.7. The number of aliphatic hydroxyl groups excluding tert-OH is 1. The average molecular weight is 219 g/mol. The van der Waals surface area contributed by atoms with E-state index in [9.17, 15) is 0 Å². The molecule has 16 heavy (non-hydrogen) atoms. The van der Waals surface area contributed by atoms with Crippen LogP contribution in [0.5, 0.6) is 0 Å². The molecule has 2 heteroatoms. The molecule has 0 aromatic heterocycles. The molecule has 2 rings (SSSR count). The van der Waals surface area contributed by atoms with Gasteiger partial charge in [0.15, 0.2) is 0 Å². The zero-order valence-electron chi connectivity index (χ0n) is 9.73. The van der Waals surface area contributed by atoms with Crippen molar-refractivity contribution < 1.29 is 5.11 Å². The lowest BCUT2D eigenvalue weighted by molar-refractivity contribution is 0.246. The van der Waals surface area contributed by atoms with Gasteiger partial charge in [-0.3, -0.25) is 0 Å². The molecule has 2 nitrogen and oxygen atoms in total. The van der Waals surface area contributed by atoms with Gasteiger partial charge in [-0.25, -0.2) is 0 Å². The Morgan fingerprint density at radius 2 is 2.00 bits per heavy atom. The average Bonchev–Trinajstić information content (AvgIpc) is 2.27. The summed E-state index contributed by atoms with van der Waals surface area (Å²) in [7, 11) is 0. The normalized spacial score (nSPS) is 18.1. The lowest BCUT2D eigenvalue weighted by atomic mass is 9.85. The summed E-state index contributed by atoms with van der Waals surface area (Å²) in [6, 6.07) is 10.7. The van der Waals surface area contributed by atoms with Gasteiger partial charge in [-0.15, -0.1) is 0 Å². The van der Waals surface area contributed by atoms with Crippen LogP contribution in [-0.2, 0) is 0 Å². The minimum atomic E-state index is 0.247. The molecule has 1 aliphatic rings. The van der Waals surface area contributed by atoms with E-state index in [0.29, 0.717) is 6.04 Å². The molecule has 88 valence electrons. The van der Waals surface area contributed by atoms with Crippen LogP contribution in [0.1, 0.15) is 37.3 Å². The summed E-state index contributed by atoms with van der Waals surface area (Å²) < 4.78 is 0. The van der Waals surface area contributed by atoms with E-state index in [1.807, 2.05) is 6.07 Å². The Morgan fingerprint density at radius 1 is 1.25 bits per heavy atom. The van der Waals surface area contributed by atoms with E-state index in [1.165, 1.54) is 24.8 Å². The van der Waals surface area contributed by atoms with Crippen molar-refractivity contribution in [2.75, 3.05) is 13.2 Å². The molecule has 1 fully saturated rings. The predicted molar refractivity (Wildman–Crippen MR) is 66.2 cm³/mol. The van der Waals surface area contributed by atoms with Gasteiger partial charge in [-0.2, -0.15) is 0 Å². The first-order valence-electron chi connectivity index (χ1n) is 6.29. The topological polar surface area (TPSA) is 32.3 Å². The van der Waals surface area contributed by atoms with Gasteiger partial charge in [-0.05, 0) is 37.3 Å². The highest BCUT2D eigenvalue weighted by molar-refractivity contribution is 5.18. The molecule has 0 radical (unpaired) electrons. The first-order chi connectivity index (χ1) is 7.90. The molecule has 0 bridgehead atoms. The van der Waals surface area contributed by atoms with Crippen molar-refractivity contribution in [3.05, 3.63) is 35.9 Å². The van der Waals surface area contributed by atoms with Gasteiger partial charge in [0.1, 0.15) is 0 Å². The summed E-state index contributed by atoms with van der Waals surface area (Å²) in [4.78, 5) is 0. The Hall–Kier alpha value is -0.860. The molecule has 1 aromatic carbocycles. The summed E-state index contributed by atoms with van der Waals surface area (Å²) >= 11 is 0. The highest BCUT2D eigenvalue weighted by atomic mass is 16.3. The van der Waals surface area contributed by atoms with Crippen molar-refractivity contribution in [2.24, 2.45) is 5.92 Å². The molecule has 1 unspecified atom stereocenters. The molecule has 1 aromatic rings. The summed E-state index contributed by atoms with van der Waals surface area (Å²) in [5.74, 6) is 0.866. The molecule has 2 N–H and O–H groups in total. The van der Waals surface area contributed by atoms with Crippen LogP contribution in [0.15, 0.2) is 30.3 Å². The Morgan fingerprint density at radius 3 is 2.56 bits per heavy atom. The summed E-state index contributed by atoms with van der Waals surface area (Å²) in [6.45, 7) is 1.34. The van der Waals surface area contributed by atoms with E-state index < -0.39 is 0 Å². The van der Waals surface area contributed by atoms with Gasteiger partial charge in [0.2, 0.25) is 0 Å². The van der Waals surface area contributed by atoms with E-state index in [4.69, 9.17) is 5.11 Å². The summed E-state index contributed by atoms with van der Waals surface area (Å²) in [6.07, 6.45) is 4.93. The first kappa shape index (κ1) is 11.6. The standard InChI is InChI=1S/C14H21NO/c16-10-9-14(13-7-2-1-3-8-13)15-11-12-5-4-6-12/h1-3,7-8,12,14-16H,4-6,9-11H2. The second-order valence-electron chi connectivity index (χ2n) is 4.68. The molecule has 1 saturated carbocycles. The molecule has 1 atom stereocenters. The second-order valence-corrected chi connectivity index (χ2v) is 4.68. The van der Waals surface area contributed by atoms with Crippen LogP contribution < -0.4 is 5.32 Å². The van der Waals surface area contributed by atoms with Gasteiger partial charge in [0.05, 0.1) is 0 Å². The summed E-state index contributed by atoms with van der Waals surface area (Å²) in [5.41, 5.74) is 1.29. The lowest BCUT2D eigenvalue weighted by Crippen LogP contribution is -2.31. The van der Waals surface area contributed by atoms with E-state index in [2.05, 4.69) is 29.6 Å². The van der Waals surface area contributed by atoms with Gasteiger partial charge in [-0.1, -0.05) is 36.8 Å². The number of hydrogen-bond acceptors (Lipinski definition) is 2. The van der Waals surface area contributed by atoms with E-state index >= 15 is 0 Å². The van der Waals surface area contributed by atoms with Crippen LogP contribution in [-0.4, -0.2) is 18.3 Å². The zero-order valence-corrected chi connectivity index (χ0v) is 9.73. The van der Waals surface area contributed by atoms with Crippen molar-refractivity contribution in [3.63, 3.8) is 0 Å². The quantitative estimate of drug-likeness (QED) is 0.770. The second kappa shape index (κ2) is 6.02. The van der Waals surface area contributed by atoms with E-state index in [1.54, 1.807) is 0 Å². The highest BCUT2D eigenvalue weighted by Gasteiger charge is 2.19. The minimum Gasteiger partial charge on any atom is -0.396 e. The number of benzene rings is 1. The fourth-order valence-corrected chi connectivity index (χ4v) is 2.21. The van der Waals surface area contributed by atoms with Crippen LogP contribution >= 0.6 is 0 Å². The van der Waals surface area contributed by atoms with E-state index in [-0.39, 0.29) is 6.61 Å². The Bertz CT molecular complexity index is 295. The van der Waals surface area contributed by atoms with Gasteiger partial charge in [0.25, 0.3) is 0 Å². The van der Waals surface area contributed by atoms with Crippen LogP contribution in [0.3, 0.4) is 0 Å². The maximum atomic E-state index is 9.09. The molecule has 0 saturated heterocycles. The number of nitrogens with one attached hydrogen (secondary N) is 1. The Balaban J connectivity index is 1.88. The Kier molecular flexibility index (Phi) is 4.37. The third kappa shape index (κ3) is 3.06. The Labute approximate surface area is 97.7 Å². The first-order valence-corrected chi connectivity index (χ1v) is 6.29. The maximum Gasteiger partial charge on any atom is 0.0449 e. The van der Waals surface area contributed by atoms with E-state index in [0.717, 1.165) is 18.9 Å². The van der Waals surface area contributed by atoms with Crippen molar-refractivity contribution in [1.82, 2.24) is 5.32 Å². The fourth-order valence-electron chi connectivity index (χ4n) is 2.21. The smallest absolute Gasteiger partial charge is 0.0449 e. The van der Waals surface area contributed by atoms with Gasteiger partial charge in [0, 0.05) is 12.6 Å². The molecule has 0 spiro atoms. The number of hydrogen-bond donors (Lipinski definition) is 2. The molecule has 0 amide bonds. The predicted octanol–water partition coefficient (Wildman–Crippen LogP) is 2.50. The lowest BCUT2D eigenvalue weighted by Gasteiger charge is -2.28. The molecule has 0 heterocycles. The van der Waals surface area contributed by atoms with Crippen molar-refractivity contribution in [2.45, 2.75) is 31.7 Å². The highest BCUT2D eigenvalue weighted by Crippen LogP contribution is 2.26. The molecular weight excluding hydrogens is 198 g/mol. The van der Waals surface area contributed by atoms with Crippen LogP contribution in [0.4, 0.5) is 0 Å².